The summed E-state index contributed by atoms with van der Waals surface area (Å²) in [5, 5.41) is 3.23. The zero-order valence-corrected chi connectivity index (χ0v) is 14.3. The first-order valence-corrected chi connectivity index (χ1v) is 8.34. The van der Waals surface area contributed by atoms with E-state index in [1.165, 1.54) is 28.0 Å². The molecule has 0 fully saturated rings. The maximum absolute atomic E-state index is 4.89. The van der Waals surface area contributed by atoms with Crippen molar-refractivity contribution in [2.24, 2.45) is 0 Å². The zero-order valence-electron chi connectivity index (χ0n) is 14.3. The second kappa shape index (κ2) is 6.97. The predicted molar refractivity (Wildman–Crippen MR) is 97.0 cm³/mol. The number of aromatic nitrogens is 2. The van der Waals surface area contributed by atoms with Gasteiger partial charge in [0.15, 0.2) is 0 Å². The summed E-state index contributed by atoms with van der Waals surface area (Å²) in [6, 6.07) is 15.2. The molecule has 0 saturated carbocycles. The Hall–Kier alpha value is -2.13. The second-order valence-electron chi connectivity index (χ2n) is 6.19. The third-order valence-electron chi connectivity index (χ3n) is 4.51. The fraction of sp³-hybridized carbons (Fsp3) is 0.350. The lowest BCUT2D eigenvalue weighted by Gasteiger charge is -2.10. The molecule has 2 aromatic carbocycles. The highest BCUT2D eigenvalue weighted by Gasteiger charge is 2.11. The van der Waals surface area contributed by atoms with Gasteiger partial charge in [-0.1, -0.05) is 30.3 Å². The lowest BCUT2D eigenvalue weighted by atomic mass is 10.1. The van der Waals surface area contributed by atoms with Gasteiger partial charge in [-0.3, -0.25) is 0 Å². The predicted octanol–water partition coefficient (Wildman–Crippen LogP) is 3.66. The highest BCUT2D eigenvalue weighted by atomic mass is 15.1. The van der Waals surface area contributed by atoms with Crippen molar-refractivity contribution in [3.63, 3.8) is 0 Å². The van der Waals surface area contributed by atoms with Gasteiger partial charge in [0, 0.05) is 19.5 Å². The van der Waals surface area contributed by atoms with E-state index in [4.69, 9.17) is 4.98 Å². The van der Waals surface area contributed by atoms with Gasteiger partial charge in [-0.05, 0) is 56.1 Å². The van der Waals surface area contributed by atoms with Crippen molar-refractivity contribution in [2.45, 2.75) is 33.2 Å². The van der Waals surface area contributed by atoms with Gasteiger partial charge >= 0.3 is 0 Å². The Morgan fingerprint density at radius 3 is 2.48 bits per heavy atom. The Kier molecular flexibility index (Phi) is 4.77. The topological polar surface area (TPSA) is 29.9 Å². The largest absolute Gasteiger partial charge is 0.328 e. The van der Waals surface area contributed by atoms with Crippen LogP contribution < -0.4 is 5.32 Å². The molecule has 120 valence electrons. The number of hydrogen-bond donors (Lipinski definition) is 1. The van der Waals surface area contributed by atoms with Gasteiger partial charge in [0.25, 0.3) is 0 Å². The minimum atomic E-state index is 0.951. The van der Waals surface area contributed by atoms with Gasteiger partial charge in [0.1, 0.15) is 5.82 Å². The van der Waals surface area contributed by atoms with Gasteiger partial charge in [-0.2, -0.15) is 0 Å². The van der Waals surface area contributed by atoms with Crippen molar-refractivity contribution in [1.82, 2.24) is 14.9 Å². The summed E-state index contributed by atoms with van der Waals surface area (Å²) in [6.45, 7) is 6.26. The first kappa shape index (κ1) is 15.8. The smallest absolute Gasteiger partial charge is 0.111 e. The zero-order chi connectivity index (χ0) is 16.2. The molecule has 1 aromatic heterocycles. The van der Waals surface area contributed by atoms with Crippen LogP contribution >= 0.6 is 0 Å². The first-order chi connectivity index (χ1) is 11.2. The van der Waals surface area contributed by atoms with E-state index >= 15 is 0 Å². The molecule has 0 saturated heterocycles. The van der Waals surface area contributed by atoms with Crippen LogP contribution in [0, 0.1) is 13.8 Å². The van der Waals surface area contributed by atoms with Crippen LogP contribution in [-0.4, -0.2) is 23.1 Å². The number of nitrogens with one attached hydrogen (secondary N) is 1. The monoisotopic (exact) mass is 307 g/mol. The third kappa shape index (κ3) is 3.45. The molecule has 0 unspecified atom stereocenters. The molecule has 0 aliphatic rings. The summed E-state index contributed by atoms with van der Waals surface area (Å²) in [7, 11) is 1.99. The number of imidazole rings is 1. The third-order valence-corrected chi connectivity index (χ3v) is 4.51. The fourth-order valence-electron chi connectivity index (χ4n) is 2.99. The normalized spacial score (nSPS) is 11.3. The van der Waals surface area contributed by atoms with Crippen molar-refractivity contribution in [2.75, 3.05) is 13.6 Å². The number of rotatable bonds is 6. The Bertz CT molecular complexity index is 788. The SMILES string of the molecule is CNCCc1nc2cc(C)c(C)cc2n1CCc1ccccc1. The number of hydrogen-bond acceptors (Lipinski definition) is 2. The van der Waals surface area contributed by atoms with E-state index in [1.807, 2.05) is 7.05 Å². The lowest BCUT2D eigenvalue weighted by Crippen LogP contribution is -2.15. The van der Waals surface area contributed by atoms with E-state index in [9.17, 15) is 0 Å². The molecule has 23 heavy (non-hydrogen) atoms. The molecule has 0 atom stereocenters. The summed E-state index contributed by atoms with van der Waals surface area (Å²) in [5.41, 5.74) is 6.39. The number of benzene rings is 2. The second-order valence-corrected chi connectivity index (χ2v) is 6.19. The average Bonchev–Trinajstić information content (AvgIpc) is 2.89. The van der Waals surface area contributed by atoms with Crippen LogP contribution in [0.1, 0.15) is 22.5 Å². The Morgan fingerprint density at radius 1 is 1.00 bits per heavy atom. The van der Waals surface area contributed by atoms with Crippen LogP contribution in [0.25, 0.3) is 11.0 Å². The van der Waals surface area contributed by atoms with Crippen LogP contribution in [0.3, 0.4) is 0 Å². The standard InChI is InChI=1S/C20H25N3/c1-15-13-18-19(14-16(15)2)23(20(22-18)9-11-21-3)12-10-17-7-5-4-6-8-17/h4-8,13-14,21H,9-12H2,1-3H3. The van der Waals surface area contributed by atoms with Crippen LogP contribution in [0.15, 0.2) is 42.5 Å². The van der Waals surface area contributed by atoms with Gasteiger partial charge < -0.3 is 9.88 Å². The minimum absolute atomic E-state index is 0.951. The summed E-state index contributed by atoms with van der Waals surface area (Å²) in [5.74, 6) is 1.18. The molecule has 0 radical (unpaired) electrons. The molecule has 0 amide bonds. The van der Waals surface area contributed by atoms with Gasteiger partial charge in [-0.15, -0.1) is 0 Å². The van der Waals surface area contributed by atoms with Crippen molar-refractivity contribution >= 4 is 11.0 Å². The molecular weight excluding hydrogens is 282 g/mol. The minimum Gasteiger partial charge on any atom is -0.328 e. The Balaban J connectivity index is 1.95. The number of aryl methyl sites for hydroxylation is 4. The van der Waals surface area contributed by atoms with Gasteiger partial charge in [0.2, 0.25) is 0 Å². The van der Waals surface area contributed by atoms with Crippen LogP contribution in [0.4, 0.5) is 0 Å². The maximum atomic E-state index is 4.89. The van der Waals surface area contributed by atoms with Gasteiger partial charge in [0.05, 0.1) is 11.0 Å². The Morgan fingerprint density at radius 2 is 1.74 bits per heavy atom. The molecule has 3 nitrogen and oxygen atoms in total. The molecule has 0 bridgehead atoms. The van der Waals surface area contributed by atoms with Crippen molar-refractivity contribution in [3.05, 3.63) is 65.0 Å². The molecule has 0 spiro atoms. The van der Waals surface area contributed by atoms with E-state index in [0.29, 0.717) is 0 Å². The van der Waals surface area contributed by atoms with Crippen molar-refractivity contribution in [3.8, 4) is 0 Å². The molecule has 1 heterocycles. The van der Waals surface area contributed by atoms with E-state index in [-0.39, 0.29) is 0 Å². The van der Waals surface area contributed by atoms with E-state index < -0.39 is 0 Å². The molecule has 3 aromatic rings. The Labute approximate surface area is 138 Å². The van der Waals surface area contributed by atoms with Crippen LogP contribution in [-0.2, 0) is 19.4 Å². The maximum Gasteiger partial charge on any atom is 0.111 e. The first-order valence-electron chi connectivity index (χ1n) is 8.34. The van der Waals surface area contributed by atoms with E-state index in [2.05, 4.69) is 66.2 Å². The molecule has 3 rings (SSSR count). The number of nitrogens with zero attached hydrogens (tertiary/aromatic N) is 2. The number of fused-ring (bicyclic) bond motifs is 1. The quantitative estimate of drug-likeness (QED) is 0.753. The molecule has 3 heteroatoms. The fourth-order valence-corrected chi connectivity index (χ4v) is 2.99. The molecule has 0 aliphatic heterocycles. The highest BCUT2D eigenvalue weighted by molar-refractivity contribution is 5.78. The van der Waals surface area contributed by atoms with Crippen molar-refractivity contribution in [1.29, 1.82) is 0 Å². The van der Waals surface area contributed by atoms with Crippen LogP contribution in [0.5, 0.6) is 0 Å². The lowest BCUT2D eigenvalue weighted by molar-refractivity contribution is 0.648. The summed E-state index contributed by atoms with van der Waals surface area (Å²) in [4.78, 5) is 4.89. The van der Waals surface area contributed by atoms with E-state index in [1.54, 1.807) is 0 Å². The van der Waals surface area contributed by atoms with Crippen LogP contribution in [0.2, 0.25) is 0 Å². The molecular formula is C20H25N3. The number of likely N-dealkylation sites (N-methyl/N-ethyl adjacent to an activating group) is 1. The average molecular weight is 307 g/mol. The molecule has 1 N–H and O–H groups in total. The van der Waals surface area contributed by atoms with Crippen molar-refractivity contribution < 1.29 is 0 Å². The highest BCUT2D eigenvalue weighted by Crippen LogP contribution is 2.21. The van der Waals surface area contributed by atoms with E-state index in [0.717, 1.165) is 31.4 Å². The summed E-state index contributed by atoms with van der Waals surface area (Å²) >= 11 is 0. The summed E-state index contributed by atoms with van der Waals surface area (Å²) < 4.78 is 2.39. The molecule has 0 aliphatic carbocycles. The summed E-state index contributed by atoms with van der Waals surface area (Å²) in [6.07, 6.45) is 1.99. The van der Waals surface area contributed by atoms with Gasteiger partial charge in [-0.25, -0.2) is 4.98 Å².